The van der Waals surface area contributed by atoms with Crippen molar-refractivity contribution >= 4 is 44.7 Å². The summed E-state index contributed by atoms with van der Waals surface area (Å²) in [7, 11) is 6.41. The van der Waals surface area contributed by atoms with Crippen molar-refractivity contribution in [3.05, 3.63) is 82.7 Å². The zero-order chi connectivity index (χ0) is 30.9. The number of thiophene rings is 1. The Bertz CT molecular complexity index is 1660. The van der Waals surface area contributed by atoms with Gasteiger partial charge in [0.1, 0.15) is 17.3 Å². The number of hydrogen-bond donors (Lipinski definition) is 2. The van der Waals surface area contributed by atoms with Gasteiger partial charge in [-0.25, -0.2) is 8.78 Å². The fraction of sp³-hybridized carbons (Fsp3) is 0.344. The number of methoxy groups -OCH3 is 1. The Kier molecular flexibility index (Phi) is 9.12. The Labute approximate surface area is 258 Å². The van der Waals surface area contributed by atoms with Crippen molar-refractivity contribution in [1.29, 1.82) is 0 Å². The van der Waals surface area contributed by atoms with Crippen LogP contribution < -0.4 is 15.4 Å². The second-order valence-electron chi connectivity index (χ2n) is 10.9. The molecule has 43 heavy (non-hydrogen) atoms. The fourth-order valence-corrected chi connectivity index (χ4v) is 7.01. The summed E-state index contributed by atoms with van der Waals surface area (Å²) < 4.78 is 36.2. The van der Waals surface area contributed by atoms with Crippen molar-refractivity contribution < 1.29 is 23.1 Å². The molecule has 0 bridgehead atoms. The lowest BCUT2D eigenvalue weighted by atomic mass is 9.77. The highest BCUT2D eigenvalue weighted by atomic mass is 35.5. The molecule has 1 fully saturated rings. The number of ether oxygens (including phenoxy) is 1. The van der Waals surface area contributed by atoms with Crippen LogP contribution in [0, 0.1) is 11.7 Å². The van der Waals surface area contributed by atoms with Gasteiger partial charge in [0, 0.05) is 50.8 Å². The molecule has 1 saturated carbocycles. The van der Waals surface area contributed by atoms with E-state index < -0.39 is 28.9 Å². The molecular formula is C32H33ClF2N4O3S. The fourth-order valence-electron chi connectivity index (χ4n) is 5.55. The van der Waals surface area contributed by atoms with Crippen LogP contribution in [0.3, 0.4) is 0 Å². The largest absolute Gasteiger partial charge is 0.496 e. The molecule has 1 aliphatic carbocycles. The number of carbonyl (C=O) groups is 2. The van der Waals surface area contributed by atoms with Crippen molar-refractivity contribution in [2.24, 2.45) is 5.92 Å². The Morgan fingerprint density at radius 2 is 1.93 bits per heavy atom. The van der Waals surface area contributed by atoms with E-state index in [0.717, 1.165) is 28.0 Å². The van der Waals surface area contributed by atoms with Gasteiger partial charge in [-0.15, -0.1) is 22.9 Å². The van der Waals surface area contributed by atoms with Crippen LogP contribution in [0.25, 0.3) is 21.2 Å². The molecule has 5 rings (SSSR count). The number of amides is 1. The van der Waals surface area contributed by atoms with Crippen molar-refractivity contribution in [2.75, 3.05) is 28.3 Å². The number of rotatable bonds is 9. The molecule has 1 aliphatic rings. The zero-order valence-corrected chi connectivity index (χ0v) is 25.9. The first-order chi connectivity index (χ1) is 20.5. The third-order valence-electron chi connectivity index (χ3n) is 8.01. The maximum atomic E-state index is 15.8. The third-order valence-corrected chi connectivity index (χ3v) is 9.70. The van der Waals surface area contributed by atoms with Crippen LogP contribution in [-0.2, 0) is 6.54 Å². The number of fused-ring (bicyclic) bond motifs is 1. The quantitative estimate of drug-likeness (QED) is 0.134. The van der Waals surface area contributed by atoms with Crippen molar-refractivity contribution in [3.63, 3.8) is 0 Å². The second-order valence-corrected chi connectivity index (χ2v) is 12.5. The van der Waals surface area contributed by atoms with E-state index >= 15 is 4.39 Å². The highest BCUT2D eigenvalue weighted by molar-refractivity contribution is 7.20. The molecule has 0 spiro atoms. The summed E-state index contributed by atoms with van der Waals surface area (Å²) in [6.07, 6.45) is 1.65. The molecule has 226 valence electrons. The van der Waals surface area contributed by atoms with E-state index in [1.54, 1.807) is 51.7 Å². The molecule has 7 nitrogen and oxygen atoms in total. The van der Waals surface area contributed by atoms with Gasteiger partial charge in [0.2, 0.25) is 0 Å². The minimum atomic E-state index is -1.94. The predicted octanol–water partition coefficient (Wildman–Crippen LogP) is 6.06. The summed E-state index contributed by atoms with van der Waals surface area (Å²) >= 11 is 7.61. The number of aromatic nitrogens is 1. The number of alkyl halides is 2. The topological polar surface area (TPSA) is 83.6 Å². The number of nitrogens with one attached hydrogen (secondary N) is 2. The van der Waals surface area contributed by atoms with Crippen molar-refractivity contribution in [3.8, 4) is 16.9 Å². The first kappa shape index (κ1) is 31.0. The van der Waals surface area contributed by atoms with Gasteiger partial charge in [-0.05, 0) is 66.4 Å². The van der Waals surface area contributed by atoms with Gasteiger partial charge in [-0.2, -0.15) is 0 Å². The molecule has 2 heterocycles. The Hall–Kier alpha value is -3.44. The van der Waals surface area contributed by atoms with Crippen LogP contribution in [0.2, 0.25) is 0 Å². The highest BCUT2D eigenvalue weighted by Crippen LogP contribution is 2.41. The Balaban J connectivity index is 1.43. The summed E-state index contributed by atoms with van der Waals surface area (Å²) in [5.41, 5.74) is 2.80. The SMILES string of the molecule is CNC1(F)CC(C(=O)c2cc3cccc(F)c3s2)C(NCc2cc(-c3ccnc(C(=O)N(C)C)c3)ccc2OC)CC1Cl. The second kappa shape index (κ2) is 12.7. The van der Waals surface area contributed by atoms with Crippen molar-refractivity contribution in [2.45, 2.75) is 36.6 Å². The molecule has 2 aromatic carbocycles. The van der Waals surface area contributed by atoms with Gasteiger partial charge in [-0.1, -0.05) is 18.2 Å². The van der Waals surface area contributed by atoms with E-state index in [4.69, 9.17) is 16.3 Å². The van der Waals surface area contributed by atoms with E-state index in [2.05, 4.69) is 15.6 Å². The summed E-state index contributed by atoms with van der Waals surface area (Å²) in [6.45, 7) is 0.309. The molecule has 0 saturated heterocycles. The molecule has 2 aromatic heterocycles. The summed E-state index contributed by atoms with van der Waals surface area (Å²) in [5.74, 6) is -2.91. The molecule has 2 N–H and O–H groups in total. The van der Waals surface area contributed by atoms with Crippen molar-refractivity contribution in [1.82, 2.24) is 20.5 Å². The lowest BCUT2D eigenvalue weighted by Gasteiger charge is -2.42. The number of hydrogen-bond acceptors (Lipinski definition) is 7. The van der Waals surface area contributed by atoms with Gasteiger partial charge in [0.25, 0.3) is 5.91 Å². The molecular weight excluding hydrogens is 594 g/mol. The Morgan fingerprint density at radius 1 is 1.16 bits per heavy atom. The average molecular weight is 627 g/mol. The molecule has 4 unspecified atom stereocenters. The van der Waals surface area contributed by atoms with Crippen LogP contribution in [-0.4, -0.2) is 67.0 Å². The summed E-state index contributed by atoms with van der Waals surface area (Å²) in [6, 6.07) is 15.2. The summed E-state index contributed by atoms with van der Waals surface area (Å²) in [5, 5.41) is 5.88. The number of ketones is 1. The Morgan fingerprint density at radius 3 is 2.63 bits per heavy atom. The standard InChI is InChI=1S/C32H33ClF2N4O3S/c1-36-32(35)16-22(29(40)27-14-20-6-5-7-23(34)30(20)43-27)24(15-28(32)33)38-17-21-12-18(8-9-26(21)42-4)19-10-11-37-25(13-19)31(41)39(2)3/h5-14,22,24,28,36,38H,15-17H2,1-4H3. The smallest absolute Gasteiger partial charge is 0.271 e. The first-order valence-electron chi connectivity index (χ1n) is 13.9. The number of carbonyl (C=O) groups excluding carboxylic acids is 2. The molecule has 4 atom stereocenters. The first-order valence-corrected chi connectivity index (χ1v) is 15.1. The minimum absolute atomic E-state index is 0.137. The highest BCUT2D eigenvalue weighted by Gasteiger charge is 2.49. The third kappa shape index (κ3) is 6.28. The molecule has 4 aromatic rings. The predicted molar refractivity (Wildman–Crippen MR) is 166 cm³/mol. The number of halogens is 3. The number of pyridine rings is 1. The lowest BCUT2D eigenvalue weighted by molar-refractivity contribution is 0.0325. The van der Waals surface area contributed by atoms with Crippen LogP contribution in [0.1, 0.15) is 38.6 Å². The molecule has 0 aliphatic heterocycles. The van der Waals surface area contributed by atoms with Crippen LogP contribution >= 0.6 is 22.9 Å². The van der Waals surface area contributed by atoms with Crippen LogP contribution in [0.4, 0.5) is 8.78 Å². The average Bonchev–Trinajstić information content (AvgIpc) is 3.46. The van der Waals surface area contributed by atoms with Gasteiger partial charge in [0.15, 0.2) is 11.6 Å². The van der Waals surface area contributed by atoms with E-state index in [-0.39, 0.29) is 24.5 Å². The van der Waals surface area contributed by atoms with E-state index in [1.165, 1.54) is 18.0 Å². The lowest BCUT2D eigenvalue weighted by Crippen LogP contribution is -2.58. The van der Waals surface area contributed by atoms with E-state index in [0.29, 0.717) is 33.0 Å². The van der Waals surface area contributed by atoms with Gasteiger partial charge in [-0.3, -0.25) is 19.9 Å². The van der Waals surface area contributed by atoms with Crippen LogP contribution in [0.5, 0.6) is 5.75 Å². The zero-order valence-electron chi connectivity index (χ0n) is 24.3. The number of nitrogens with zero attached hydrogens (tertiary/aromatic N) is 2. The van der Waals surface area contributed by atoms with E-state index in [9.17, 15) is 14.0 Å². The number of benzene rings is 2. The van der Waals surface area contributed by atoms with E-state index in [1.807, 2.05) is 24.3 Å². The molecule has 1 amide bonds. The normalized spacial score (nSPS) is 22.0. The molecule has 11 heteroatoms. The maximum Gasteiger partial charge on any atom is 0.271 e. The van der Waals surface area contributed by atoms with Gasteiger partial charge >= 0.3 is 0 Å². The van der Waals surface area contributed by atoms with Crippen LogP contribution in [0.15, 0.2) is 60.8 Å². The monoisotopic (exact) mass is 626 g/mol. The number of Topliss-reactive ketones (excluding diaryl/α,β-unsaturated/α-hetero) is 1. The minimum Gasteiger partial charge on any atom is -0.496 e. The van der Waals surface area contributed by atoms with Gasteiger partial charge < -0.3 is 15.0 Å². The molecule has 0 radical (unpaired) electrons. The summed E-state index contributed by atoms with van der Waals surface area (Å²) in [4.78, 5) is 32.4. The maximum absolute atomic E-state index is 15.8. The van der Waals surface area contributed by atoms with Gasteiger partial charge in [0.05, 0.1) is 22.1 Å².